The SMILES string of the molecule is CCCCNc1nccn1Cc1cccc(Cl)c1. The second kappa shape index (κ2) is 6.45. The minimum Gasteiger partial charge on any atom is -0.356 e. The molecule has 0 aliphatic rings. The first-order valence-electron chi connectivity index (χ1n) is 6.29. The van der Waals surface area contributed by atoms with Crippen molar-refractivity contribution in [2.24, 2.45) is 0 Å². The van der Waals surface area contributed by atoms with Gasteiger partial charge in [0.1, 0.15) is 0 Å². The van der Waals surface area contributed by atoms with Gasteiger partial charge in [-0.3, -0.25) is 0 Å². The third kappa shape index (κ3) is 3.50. The van der Waals surface area contributed by atoms with E-state index in [1.165, 1.54) is 12.0 Å². The highest BCUT2D eigenvalue weighted by Crippen LogP contribution is 2.14. The summed E-state index contributed by atoms with van der Waals surface area (Å²) in [5.74, 6) is 0.920. The van der Waals surface area contributed by atoms with E-state index in [1.807, 2.05) is 30.6 Å². The molecule has 0 atom stereocenters. The second-order valence-electron chi connectivity index (χ2n) is 4.29. The van der Waals surface area contributed by atoms with E-state index in [2.05, 4.69) is 27.9 Å². The number of hydrogen-bond acceptors (Lipinski definition) is 2. The van der Waals surface area contributed by atoms with Crippen molar-refractivity contribution in [2.45, 2.75) is 26.3 Å². The summed E-state index contributed by atoms with van der Waals surface area (Å²) in [7, 11) is 0. The first-order valence-corrected chi connectivity index (χ1v) is 6.67. The number of unbranched alkanes of at least 4 members (excludes halogenated alkanes) is 1. The summed E-state index contributed by atoms with van der Waals surface area (Å²) < 4.78 is 2.10. The number of aromatic nitrogens is 2. The molecule has 0 aliphatic heterocycles. The number of nitrogens with one attached hydrogen (secondary N) is 1. The molecule has 0 saturated carbocycles. The van der Waals surface area contributed by atoms with Crippen molar-refractivity contribution in [3.63, 3.8) is 0 Å². The van der Waals surface area contributed by atoms with E-state index in [-0.39, 0.29) is 0 Å². The Morgan fingerprint density at radius 3 is 3.06 bits per heavy atom. The van der Waals surface area contributed by atoms with Crippen LogP contribution in [0.15, 0.2) is 36.7 Å². The summed E-state index contributed by atoms with van der Waals surface area (Å²) >= 11 is 5.99. The van der Waals surface area contributed by atoms with Gasteiger partial charge in [0.15, 0.2) is 0 Å². The van der Waals surface area contributed by atoms with Crippen LogP contribution in [-0.2, 0) is 6.54 Å². The molecule has 0 saturated heterocycles. The fourth-order valence-electron chi connectivity index (χ4n) is 1.81. The first-order chi connectivity index (χ1) is 8.79. The maximum absolute atomic E-state index is 5.99. The lowest BCUT2D eigenvalue weighted by Gasteiger charge is -2.09. The summed E-state index contributed by atoms with van der Waals surface area (Å²) in [5.41, 5.74) is 1.18. The van der Waals surface area contributed by atoms with Crippen molar-refractivity contribution >= 4 is 17.5 Å². The summed E-state index contributed by atoms with van der Waals surface area (Å²) in [5, 5.41) is 4.12. The highest BCUT2D eigenvalue weighted by atomic mass is 35.5. The van der Waals surface area contributed by atoms with Crippen LogP contribution in [0.25, 0.3) is 0 Å². The monoisotopic (exact) mass is 263 g/mol. The minimum atomic E-state index is 0.771. The smallest absolute Gasteiger partial charge is 0.203 e. The molecular weight excluding hydrogens is 246 g/mol. The van der Waals surface area contributed by atoms with Crippen LogP contribution in [0.3, 0.4) is 0 Å². The van der Waals surface area contributed by atoms with Crippen LogP contribution in [0.2, 0.25) is 5.02 Å². The number of nitrogens with zero attached hydrogens (tertiary/aromatic N) is 2. The van der Waals surface area contributed by atoms with Crippen LogP contribution in [0.5, 0.6) is 0 Å². The van der Waals surface area contributed by atoms with Gasteiger partial charge in [0, 0.05) is 24.0 Å². The third-order valence-corrected chi connectivity index (χ3v) is 3.01. The van der Waals surface area contributed by atoms with Crippen LogP contribution in [0, 0.1) is 0 Å². The quantitative estimate of drug-likeness (QED) is 0.804. The lowest BCUT2D eigenvalue weighted by Crippen LogP contribution is -2.09. The first kappa shape index (κ1) is 13.0. The van der Waals surface area contributed by atoms with Crippen LogP contribution in [0.1, 0.15) is 25.3 Å². The number of hydrogen-bond donors (Lipinski definition) is 1. The summed E-state index contributed by atoms with van der Waals surface area (Å²) in [6.45, 7) is 3.93. The Labute approximate surface area is 113 Å². The highest BCUT2D eigenvalue weighted by Gasteiger charge is 2.02. The molecule has 1 N–H and O–H groups in total. The van der Waals surface area contributed by atoms with Crippen molar-refractivity contribution in [3.8, 4) is 0 Å². The van der Waals surface area contributed by atoms with Gasteiger partial charge in [0.05, 0.1) is 6.54 Å². The Morgan fingerprint density at radius 1 is 1.39 bits per heavy atom. The van der Waals surface area contributed by atoms with Gasteiger partial charge in [0.25, 0.3) is 0 Å². The van der Waals surface area contributed by atoms with Gasteiger partial charge in [-0.15, -0.1) is 0 Å². The Hall–Kier alpha value is -1.48. The van der Waals surface area contributed by atoms with Gasteiger partial charge in [-0.1, -0.05) is 37.1 Å². The van der Waals surface area contributed by atoms with Crippen LogP contribution >= 0.6 is 11.6 Å². The zero-order chi connectivity index (χ0) is 12.8. The Bertz CT molecular complexity index is 493. The molecular formula is C14H18ClN3. The molecule has 2 rings (SSSR count). The third-order valence-electron chi connectivity index (χ3n) is 2.77. The van der Waals surface area contributed by atoms with E-state index in [0.717, 1.165) is 30.5 Å². The van der Waals surface area contributed by atoms with Gasteiger partial charge in [-0.25, -0.2) is 4.98 Å². The summed E-state index contributed by atoms with van der Waals surface area (Å²) in [6, 6.07) is 7.91. The molecule has 0 bridgehead atoms. The van der Waals surface area contributed by atoms with Gasteiger partial charge in [0.2, 0.25) is 5.95 Å². The number of benzene rings is 1. The molecule has 0 amide bonds. The molecule has 2 aromatic rings. The maximum atomic E-state index is 5.99. The van der Waals surface area contributed by atoms with E-state index >= 15 is 0 Å². The van der Waals surface area contributed by atoms with E-state index in [1.54, 1.807) is 0 Å². The van der Waals surface area contributed by atoms with Gasteiger partial charge in [-0.2, -0.15) is 0 Å². The molecule has 0 aliphatic carbocycles. The van der Waals surface area contributed by atoms with Crippen LogP contribution in [0.4, 0.5) is 5.95 Å². The number of rotatable bonds is 6. The van der Waals surface area contributed by atoms with E-state index < -0.39 is 0 Å². The molecule has 3 nitrogen and oxygen atoms in total. The normalized spacial score (nSPS) is 10.6. The van der Waals surface area contributed by atoms with Crippen molar-refractivity contribution in [1.29, 1.82) is 0 Å². The Balaban J connectivity index is 2.03. The number of imidazole rings is 1. The Morgan fingerprint density at radius 2 is 2.28 bits per heavy atom. The fourth-order valence-corrected chi connectivity index (χ4v) is 2.03. The Kier molecular flexibility index (Phi) is 4.65. The number of halogens is 1. The summed E-state index contributed by atoms with van der Waals surface area (Å²) in [6.07, 6.45) is 6.14. The molecule has 1 aromatic heterocycles. The molecule has 1 aromatic carbocycles. The van der Waals surface area contributed by atoms with Crippen molar-refractivity contribution in [2.75, 3.05) is 11.9 Å². The minimum absolute atomic E-state index is 0.771. The van der Waals surface area contributed by atoms with Gasteiger partial charge in [-0.05, 0) is 24.1 Å². The molecule has 0 radical (unpaired) electrons. The lowest BCUT2D eigenvalue weighted by atomic mass is 10.2. The average Bonchev–Trinajstić information content (AvgIpc) is 2.77. The zero-order valence-electron chi connectivity index (χ0n) is 10.6. The topological polar surface area (TPSA) is 29.9 Å². The lowest BCUT2D eigenvalue weighted by molar-refractivity contribution is 0.775. The van der Waals surface area contributed by atoms with Crippen molar-refractivity contribution in [1.82, 2.24) is 9.55 Å². The largest absolute Gasteiger partial charge is 0.356 e. The van der Waals surface area contributed by atoms with Crippen molar-refractivity contribution in [3.05, 3.63) is 47.2 Å². The average molecular weight is 264 g/mol. The maximum Gasteiger partial charge on any atom is 0.203 e. The summed E-state index contributed by atoms with van der Waals surface area (Å²) in [4.78, 5) is 4.33. The highest BCUT2D eigenvalue weighted by molar-refractivity contribution is 6.30. The fraction of sp³-hybridized carbons (Fsp3) is 0.357. The zero-order valence-corrected chi connectivity index (χ0v) is 11.3. The molecule has 1 heterocycles. The van der Waals surface area contributed by atoms with Crippen LogP contribution in [-0.4, -0.2) is 16.1 Å². The molecule has 0 unspecified atom stereocenters. The van der Waals surface area contributed by atoms with E-state index in [9.17, 15) is 0 Å². The van der Waals surface area contributed by atoms with E-state index in [0.29, 0.717) is 0 Å². The predicted octanol–water partition coefficient (Wildman–Crippen LogP) is 3.80. The second-order valence-corrected chi connectivity index (χ2v) is 4.73. The molecule has 0 spiro atoms. The molecule has 0 fully saturated rings. The van der Waals surface area contributed by atoms with Crippen LogP contribution < -0.4 is 5.32 Å². The van der Waals surface area contributed by atoms with Crippen molar-refractivity contribution < 1.29 is 0 Å². The molecule has 96 valence electrons. The molecule has 18 heavy (non-hydrogen) atoms. The van der Waals surface area contributed by atoms with Gasteiger partial charge >= 0.3 is 0 Å². The molecule has 4 heteroatoms. The standard InChI is InChI=1S/C14H18ClN3/c1-2-3-7-16-14-17-8-9-18(14)11-12-5-4-6-13(15)10-12/h4-6,8-10H,2-3,7,11H2,1H3,(H,16,17). The predicted molar refractivity (Wildman–Crippen MR) is 76.2 cm³/mol. The number of anilines is 1. The van der Waals surface area contributed by atoms with E-state index in [4.69, 9.17) is 11.6 Å². The van der Waals surface area contributed by atoms with Gasteiger partial charge < -0.3 is 9.88 Å².